The van der Waals surface area contributed by atoms with Gasteiger partial charge in [-0.3, -0.25) is 0 Å². The van der Waals surface area contributed by atoms with E-state index in [0.29, 0.717) is 11.1 Å². The van der Waals surface area contributed by atoms with Gasteiger partial charge in [-0.1, -0.05) is 34.4 Å². The SMILES string of the molecule is CO[C@@H]1OC(CO)[C@@H](OC)[C@H](OC(=O)c2cc(C)cc(C)c2)C1OC(=O)c1cc(C)cc(C)c1. The number of ether oxygens (including phenoxy) is 5. The van der Waals surface area contributed by atoms with Crippen LogP contribution in [0.25, 0.3) is 0 Å². The fourth-order valence-corrected chi connectivity index (χ4v) is 4.33. The molecule has 2 aromatic carbocycles. The van der Waals surface area contributed by atoms with Crippen molar-refractivity contribution < 1.29 is 38.4 Å². The van der Waals surface area contributed by atoms with Crippen LogP contribution >= 0.6 is 0 Å². The number of hydrogen-bond donors (Lipinski definition) is 1. The molecule has 184 valence electrons. The molecule has 1 saturated heterocycles. The number of aliphatic hydroxyl groups is 1. The maximum atomic E-state index is 13.1. The molecule has 1 aliphatic rings. The Balaban J connectivity index is 1.95. The Labute approximate surface area is 199 Å². The number of aryl methyl sites for hydroxylation is 4. The topological polar surface area (TPSA) is 101 Å². The van der Waals surface area contributed by atoms with Crippen LogP contribution in [-0.4, -0.2) is 68.6 Å². The second kappa shape index (κ2) is 11.1. The number of aliphatic hydroxyl groups excluding tert-OH is 1. The molecule has 0 spiro atoms. The van der Waals surface area contributed by atoms with Gasteiger partial charge in [-0.2, -0.15) is 0 Å². The molecule has 0 amide bonds. The minimum atomic E-state index is -1.14. The van der Waals surface area contributed by atoms with E-state index in [4.69, 9.17) is 23.7 Å². The van der Waals surface area contributed by atoms with Crippen molar-refractivity contribution in [1.29, 1.82) is 0 Å². The predicted molar refractivity (Wildman–Crippen MR) is 124 cm³/mol. The zero-order valence-electron chi connectivity index (χ0n) is 20.4. The molecule has 0 bridgehead atoms. The molecule has 1 fully saturated rings. The van der Waals surface area contributed by atoms with E-state index < -0.39 is 49.3 Å². The molecule has 8 nitrogen and oxygen atoms in total. The lowest BCUT2D eigenvalue weighted by Crippen LogP contribution is -2.62. The second-order valence-corrected chi connectivity index (χ2v) is 8.65. The third-order valence-electron chi connectivity index (χ3n) is 5.68. The lowest BCUT2D eigenvalue weighted by Gasteiger charge is -2.43. The summed E-state index contributed by atoms with van der Waals surface area (Å²) in [6.07, 6.45) is -5.08. The number of carbonyl (C=O) groups is 2. The summed E-state index contributed by atoms with van der Waals surface area (Å²) in [5.74, 6) is -1.23. The van der Waals surface area contributed by atoms with Gasteiger partial charge in [0.15, 0.2) is 18.5 Å². The highest BCUT2D eigenvalue weighted by Gasteiger charge is 2.51. The van der Waals surface area contributed by atoms with E-state index in [1.54, 1.807) is 24.3 Å². The molecular weight excluding hydrogens is 440 g/mol. The molecule has 1 aliphatic heterocycles. The van der Waals surface area contributed by atoms with E-state index in [1.165, 1.54) is 14.2 Å². The molecule has 2 unspecified atom stereocenters. The highest BCUT2D eigenvalue weighted by molar-refractivity contribution is 5.91. The van der Waals surface area contributed by atoms with Gasteiger partial charge in [0.25, 0.3) is 0 Å². The summed E-state index contributed by atoms with van der Waals surface area (Å²) in [4.78, 5) is 26.1. The summed E-state index contributed by atoms with van der Waals surface area (Å²) in [5.41, 5.74) is 4.33. The normalized spacial score (nSPS) is 24.5. The molecule has 5 atom stereocenters. The summed E-state index contributed by atoms with van der Waals surface area (Å²) >= 11 is 0. The molecule has 1 heterocycles. The van der Waals surface area contributed by atoms with Gasteiger partial charge in [0.1, 0.15) is 12.2 Å². The number of rotatable bonds is 7. The minimum Gasteiger partial charge on any atom is -0.452 e. The first kappa shape index (κ1) is 25.8. The van der Waals surface area contributed by atoms with Crippen molar-refractivity contribution in [3.63, 3.8) is 0 Å². The molecule has 1 N–H and O–H groups in total. The fraction of sp³-hybridized carbons (Fsp3) is 0.462. The summed E-state index contributed by atoms with van der Waals surface area (Å²) in [5, 5.41) is 9.85. The standard InChI is InChI=1S/C26H32O8/c1-14-7-15(2)10-18(9-14)24(28)33-22-21(30-5)20(13-27)32-26(31-6)23(22)34-25(29)19-11-16(3)8-17(4)12-19/h7-12,20-23,26-27H,13H2,1-6H3/t20?,21-,22+,23?,26-/m1/s1. The van der Waals surface area contributed by atoms with Crippen molar-refractivity contribution in [2.24, 2.45) is 0 Å². The summed E-state index contributed by atoms with van der Waals surface area (Å²) < 4.78 is 28.3. The van der Waals surface area contributed by atoms with Gasteiger partial charge in [0.05, 0.1) is 17.7 Å². The highest BCUT2D eigenvalue weighted by atomic mass is 16.7. The number of hydrogen-bond acceptors (Lipinski definition) is 8. The van der Waals surface area contributed by atoms with Gasteiger partial charge < -0.3 is 28.8 Å². The summed E-state index contributed by atoms with van der Waals surface area (Å²) in [6.45, 7) is 7.12. The van der Waals surface area contributed by atoms with Crippen molar-refractivity contribution in [3.05, 3.63) is 69.8 Å². The van der Waals surface area contributed by atoms with E-state index in [9.17, 15) is 14.7 Å². The van der Waals surface area contributed by atoms with Crippen molar-refractivity contribution in [2.45, 2.75) is 58.4 Å². The zero-order valence-corrected chi connectivity index (χ0v) is 20.4. The number of benzene rings is 2. The third-order valence-corrected chi connectivity index (χ3v) is 5.68. The van der Waals surface area contributed by atoms with E-state index in [-0.39, 0.29) is 0 Å². The maximum absolute atomic E-state index is 13.1. The van der Waals surface area contributed by atoms with E-state index in [2.05, 4.69) is 0 Å². The Morgan fingerprint density at radius 3 is 1.56 bits per heavy atom. The molecule has 0 radical (unpaired) electrons. The molecule has 34 heavy (non-hydrogen) atoms. The third kappa shape index (κ3) is 5.82. The Morgan fingerprint density at radius 1 is 0.735 bits per heavy atom. The second-order valence-electron chi connectivity index (χ2n) is 8.65. The monoisotopic (exact) mass is 472 g/mol. The molecule has 3 rings (SSSR count). The van der Waals surface area contributed by atoms with Crippen LogP contribution in [0.4, 0.5) is 0 Å². The molecule has 0 saturated carbocycles. The summed E-state index contributed by atoms with van der Waals surface area (Å²) in [6, 6.07) is 10.7. The Morgan fingerprint density at radius 2 is 1.18 bits per heavy atom. The van der Waals surface area contributed by atoms with Crippen LogP contribution in [0.15, 0.2) is 36.4 Å². The molecule has 8 heteroatoms. The first-order valence-electron chi connectivity index (χ1n) is 11.1. The van der Waals surface area contributed by atoms with Crippen molar-refractivity contribution in [3.8, 4) is 0 Å². The van der Waals surface area contributed by atoms with Gasteiger partial charge >= 0.3 is 11.9 Å². The van der Waals surface area contributed by atoms with Gasteiger partial charge in [-0.15, -0.1) is 0 Å². The van der Waals surface area contributed by atoms with E-state index in [0.717, 1.165) is 22.3 Å². The molecular formula is C26H32O8. The molecule has 2 aromatic rings. The van der Waals surface area contributed by atoms with Crippen LogP contribution in [0.2, 0.25) is 0 Å². The van der Waals surface area contributed by atoms with Crippen molar-refractivity contribution in [2.75, 3.05) is 20.8 Å². The summed E-state index contributed by atoms with van der Waals surface area (Å²) in [7, 11) is 2.79. The van der Waals surface area contributed by atoms with Crippen LogP contribution in [0, 0.1) is 27.7 Å². The number of carbonyl (C=O) groups excluding carboxylic acids is 2. The zero-order chi connectivity index (χ0) is 25.0. The smallest absolute Gasteiger partial charge is 0.338 e. The van der Waals surface area contributed by atoms with Crippen LogP contribution in [-0.2, 0) is 23.7 Å². The lowest BCUT2D eigenvalue weighted by molar-refractivity contribution is -0.296. The first-order chi connectivity index (χ1) is 16.2. The van der Waals surface area contributed by atoms with Crippen molar-refractivity contribution in [1.82, 2.24) is 0 Å². The largest absolute Gasteiger partial charge is 0.452 e. The van der Waals surface area contributed by atoms with Gasteiger partial charge in [-0.05, 0) is 52.0 Å². The predicted octanol–water partition coefficient (Wildman–Crippen LogP) is 3.05. The highest BCUT2D eigenvalue weighted by Crippen LogP contribution is 2.30. The van der Waals surface area contributed by atoms with Gasteiger partial charge in [0, 0.05) is 14.2 Å². The van der Waals surface area contributed by atoms with Crippen LogP contribution in [0.1, 0.15) is 43.0 Å². The minimum absolute atomic E-state index is 0.352. The van der Waals surface area contributed by atoms with Crippen LogP contribution < -0.4 is 0 Å². The molecule has 0 aliphatic carbocycles. The van der Waals surface area contributed by atoms with Gasteiger partial charge in [-0.25, -0.2) is 9.59 Å². The van der Waals surface area contributed by atoms with Crippen LogP contribution in [0.5, 0.6) is 0 Å². The quantitative estimate of drug-likeness (QED) is 0.614. The first-order valence-corrected chi connectivity index (χ1v) is 11.1. The Kier molecular flexibility index (Phi) is 8.43. The van der Waals surface area contributed by atoms with Crippen LogP contribution in [0.3, 0.4) is 0 Å². The van der Waals surface area contributed by atoms with E-state index in [1.807, 2.05) is 39.8 Å². The average Bonchev–Trinajstić information content (AvgIpc) is 2.78. The van der Waals surface area contributed by atoms with Gasteiger partial charge in [0.2, 0.25) is 0 Å². The Bertz CT molecular complexity index is 993. The van der Waals surface area contributed by atoms with E-state index >= 15 is 0 Å². The lowest BCUT2D eigenvalue weighted by atomic mass is 9.98. The number of esters is 2. The number of methoxy groups -OCH3 is 2. The fourth-order valence-electron chi connectivity index (χ4n) is 4.33. The van der Waals surface area contributed by atoms with Crippen molar-refractivity contribution >= 4 is 11.9 Å². The molecule has 0 aromatic heterocycles. The Hall–Kier alpha value is -2.78. The average molecular weight is 473 g/mol. The maximum Gasteiger partial charge on any atom is 0.338 e.